The number of nitrogens with one attached hydrogen (secondary N) is 1. The van der Waals surface area contributed by atoms with E-state index in [-0.39, 0.29) is 6.10 Å². The van der Waals surface area contributed by atoms with E-state index >= 15 is 0 Å². The van der Waals surface area contributed by atoms with Crippen LogP contribution < -0.4 is 10.1 Å². The lowest BCUT2D eigenvalue weighted by atomic mass is 10.2. The van der Waals surface area contributed by atoms with Crippen LogP contribution in [0.3, 0.4) is 0 Å². The summed E-state index contributed by atoms with van der Waals surface area (Å²) in [6.45, 7) is 8.31. The summed E-state index contributed by atoms with van der Waals surface area (Å²) in [7, 11) is 0. The van der Waals surface area contributed by atoms with Crippen molar-refractivity contribution in [3.05, 3.63) is 24.0 Å². The smallest absolute Gasteiger partial charge is 0.140 e. The van der Waals surface area contributed by atoms with Crippen molar-refractivity contribution in [3.8, 4) is 5.75 Å². The van der Waals surface area contributed by atoms with Gasteiger partial charge < -0.3 is 10.1 Å². The number of aromatic nitrogens is 1. The maximum Gasteiger partial charge on any atom is 0.140 e. The molecule has 90 valence electrons. The summed E-state index contributed by atoms with van der Waals surface area (Å²) in [5.74, 6) is 0.901. The highest BCUT2D eigenvalue weighted by atomic mass is 16.5. The SMILES string of the molecule is CCNCCCC(C)Oc1cccnc1C. The third kappa shape index (κ3) is 4.62. The van der Waals surface area contributed by atoms with E-state index in [2.05, 4.69) is 24.1 Å². The Labute approximate surface area is 98.2 Å². The van der Waals surface area contributed by atoms with Crippen molar-refractivity contribution in [1.82, 2.24) is 10.3 Å². The number of aryl methyl sites for hydroxylation is 1. The predicted octanol–water partition coefficient (Wildman–Crippen LogP) is 2.55. The fourth-order valence-electron chi connectivity index (χ4n) is 1.56. The zero-order chi connectivity index (χ0) is 11.8. The first-order valence-electron chi connectivity index (χ1n) is 6.03. The van der Waals surface area contributed by atoms with Gasteiger partial charge in [0.1, 0.15) is 5.75 Å². The van der Waals surface area contributed by atoms with Gasteiger partial charge in [-0.25, -0.2) is 0 Å². The molecule has 3 heteroatoms. The zero-order valence-corrected chi connectivity index (χ0v) is 10.5. The Hall–Kier alpha value is -1.09. The molecule has 1 rings (SSSR count). The second kappa shape index (κ2) is 7.23. The fraction of sp³-hybridized carbons (Fsp3) is 0.615. The molecule has 0 radical (unpaired) electrons. The van der Waals surface area contributed by atoms with Crippen molar-refractivity contribution in [2.45, 2.75) is 39.7 Å². The van der Waals surface area contributed by atoms with E-state index < -0.39 is 0 Å². The quantitative estimate of drug-likeness (QED) is 0.720. The largest absolute Gasteiger partial charge is 0.489 e. The molecule has 3 nitrogen and oxygen atoms in total. The van der Waals surface area contributed by atoms with Crippen LogP contribution in [0.2, 0.25) is 0 Å². The normalized spacial score (nSPS) is 12.4. The molecule has 0 aliphatic heterocycles. The van der Waals surface area contributed by atoms with Crippen LogP contribution in [-0.2, 0) is 0 Å². The van der Waals surface area contributed by atoms with Crippen LogP contribution in [0.5, 0.6) is 5.75 Å². The van der Waals surface area contributed by atoms with Crippen LogP contribution in [0.1, 0.15) is 32.4 Å². The van der Waals surface area contributed by atoms with Crippen molar-refractivity contribution >= 4 is 0 Å². The summed E-state index contributed by atoms with van der Waals surface area (Å²) >= 11 is 0. The van der Waals surface area contributed by atoms with E-state index in [1.165, 1.54) is 0 Å². The van der Waals surface area contributed by atoms with Crippen LogP contribution in [-0.4, -0.2) is 24.2 Å². The Morgan fingerprint density at radius 1 is 1.50 bits per heavy atom. The van der Waals surface area contributed by atoms with Gasteiger partial charge in [0, 0.05) is 6.20 Å². The summed E-state index contributed by atoms with van der Waals surface area (Å²) in [6.07, 6.45) is 4.26. The van der Waals surface area contributed by atoms with Crippen molar-refractivity contribution < 1.29 is 4.74 Å². The molecule has 0 saturated carbocycles. The number of rotatable bonds is 7. The summed E-state index contributed by atoms with van der Waals surface area (Å²) in [5.41, 5.74) is 0.959. The molecule has 0 saturated heterocycles. The van der Waals surface area contributed by atoms with Gasteiger partial charge in [0.2, 0.25) is 0 Å². The molecule has 1 heterocycles. The molecule has 0 aliphatic rings. The molecule has 0 amide bonds. The van der Waals surface area contributed by atoms with Crippen molar-refractivity contribution in [2.24, 2.45) is 0 Å². The molecule has 0 bridgehead atoms. The third-order valence-electron chi connectivity index (χ3n) is 2.50. The number of nitrogens with zero attached hydrogens (tertiary/aromatic N) is 1. The Bertz CT molecular complexity index is 302. The van der Waals surface area contributed by atoms with Crippen molar-refractivity contribution in [3.63, 3.8) is 0 Å². The molecule has 16 heavy (non-hydrogen) atoms. The minimum atomic E-state index is 0.251. The highest BCUT2D eigenvalue weighted by Crippen LogP contribution is 2.16. The Morgan fingerprint density at radius 2 is 2.31 bits per heavy atom. The zero-order valence-electron chi connectivity index (χ0n) is 10.5. The molecule has 1 unspecified atom stereocenters. The van der Waals surface area contributed by atoms with E-state index in [4.69, 9.17) is 4.74 Å². The van der Waals surface area contributed by atoms with Crippen LogP contribution in [0.25, 0.3) is 0 Å². The Balaban J connectivity index is 2.28. The van der Waals surface area contributed by atoms with Gasteiger partial charge in [-0.1, -0.05) is 6.92 Å². The van der Waals surface area contributed by atoms with Gasteiger partial charge in [-0.05, 0) is 51.9 Å². The number of hydrogen-bond acceptors (Lipinski definition) is 3. The van der Waals surface area contributed by atoms with Crippen LogP contribution in [0, 0.1) is 6.92 Å². The maximum absolute atomic E-state index is 5.84. The highest BCUT2D eigenvalue weighted by molar-refractivity contribution is 5.25. The highest BCUT2D eigenvalue weighted by Gasteiger charge is 2.05. The lowest BCUT2D eigenvalue weighted by Gasteiger charge is -2.15. The molecular weight excluding hydrogens is 200 g/mol. The van der Waals surface area contributed by atoms with Gasteiger partial charge in [-0.3, -0.25) is 4.98 Å². The standard InChI is InChI=1S/C13H22N2O/c1-4-14-9-5-7-11(2)16-13-8-6-10-15-12(13)3/h6,8,10-11,14H,4-5,7,9H2,1-3H3. The minimum Gasteiger partial charge on any atom is -0.489 e. The molecule has 1 N–H and O–H groups in total. The number of ether oxygens (including phenoxy) is 1. The first-order valence-corrected chi connectivity index (χ1v) is 6.03. The first kappa shape index (κ1) is 13.0. The number of hydrogen-bond donors (Lipinski definition) is 1. The first-order chi connectivity index (χ1) is 7.74. The lowest BCUT2D eigenvalue weighted by Crippen LogP contribution is -2.18. The van der Waals surface area contributed by atoms with Gasteiger partial charge in [0.15, 0.2) is 0 Å². The molecule has 1 atom stereocenters. The average Bonchev–Trinajstić information content (AvgIpc) is 2.28. The van der Waals surface area contributed by atoms with E-state index in [1.807, 2.05) is 19.1 Å². The third-order valence-corrected chi connectivity index (χ3v) is 2.50. The summed E-state index contributed by atoms with van der Waals surface area (Å²) in [4.78, 5) is 4.20. The fourth-order valence-corrected chi connectivity index (χ4v) is 1.56. The maximum atomic E-state index is 5.84. The van der Waals surface area contributed by atoms with E-state index in [9.17, 15) is 0 Å². The van der Waals surface area contributed by atoms with E-state index in [1.54, 1.807) is 6.20 Å². The molecule has 0 spiro atoms. The monoisotopic (exact) mass is 222 g/mol. The van der Waals surface area contributed by atoms with Gasteiger partial charge in [0.05, 0.1) is 11.8 Å². The molecule has 0 aromatic carbocycles. The molecule has 1 aromatic rings. The van der Waals surface area contributed by atoms with Crippen LogP contribution >= 0.6 is 0 Å². The second-order valence-electron chi connectivity index (χ2n) is 4.01. The number of pyridine rings is 1. The van der Waals surface area contributed by atoms with Crippen LogP contribution in [0.4, 0.5) is 0 Å². The van der Waals surface area contributed by atoms with E-state index in [0.717, 1.165) is 37.4 Å². The molecular formula is C13H22N2O. The van der Waals surface area contributed by atoms with Gasteiger partial charge in [0.25, 0.3) is 0 Å². The predicted molar refractivity (Wildman–Crippen MR) is 66.8 cm³/mol. The van der Waals surface area contributed by atoms with Gasteiger partial charge >= 0.3 is 0 Å². The van der Waals surface area contributed by atoms with Gasteiger partial charge in [-0.2, -0.15) is 0 Å². The van der Waals surface area contributed by atoms with Gasteiger partial charge in [-0.15, -0.1) is 0 Å². The summed E-state index contributed by atoms with van der Waals surface area (Å²) < 4.78 is 5.84. The molecule has 0 aliphatic carbocycles. The van der Waals surface area contributed by atoms with Crippen molar-refractivity contribution in [1.29, 1.82) is 0 Å². The Kier molecular flexibility index (Phi) is 5.86. The second-order valence-corrected chi connectivity index (χ2v) is 4.01. The Morgan fingerprint density at radius 3 is 3.00 bits per heavy atom. The van der Waals surface area contributed by atoms with Crippen molar-refractivity contribution in [2.75, 3.05) is 13.1 Å². The van der Waals surface area contributed by atoms with Crippen LogP contribution in [0.15, 0.2) is 18.3 Å². The lowest BCUT2D eigenvalue weighted by molar-refractivity contribution is 0.205. The average molecular weight is 222 g/mol. The molecule has 1 aromatic heterocycles. The summed E-state index contributed by atoms with van der Waals surface area (Å²) in [6, 6.07) is 3.89. The minimum absolute atomic E-state index is 0.251. The molecule has 0 fully saturated rings. The van der Waals surface area contributed by atoms with E-state index in [0.29, 0.717) is 0 Å². The topological polar surface area (TPSA) is 34.1 Å². The summed E-state index contributed by atoms with van der Waals surface area (Å²) in [5, 5.41) is 3.31.